The maximum absolute atomic E-state index is 12.0. The van der Waals surface area contributed by atoms with Crippen LogP contribution in [0.15, 0.2) is 36.7 Å². The van der Waals surface area contributed by atoms with Crippen LogP contribution in [0.25, 0.3) is 0 Å². The van der Waals surface area contributed by atoms with Crippen LogP contribution in [0.5, 0.6) is 5.75 Å². The number of nitrogens with one attached hydrogen (secondary N) is 1. The molecule has 1 heterocycles. The van der Waals surface area contributed by atoms with Gasteiger partial charge in [0.05, 0.1) is 18.9 Å². The molecule has 0 aliphatic rings. The highest BCUT2D eigenvalue weighted by Gasteiger charge is 2.10. The lowest BCUT2D eigenvalue weighted by Gasteiger charge is -2.13. The average molecular weight is 301 g/mol. The molecule has 0 saturated heterocycles. The van der Waals surface area contributed by atoms with Gasteiger partial charge in [-0.25, -0.2) is 0 Å². The van der Waals surface area contributed by atoms with E-state index in [1.54, 1.807) is 24.2 Å². The van der Waals surface area contributed by atoms with Crippen molar-refractivity contribution >= 4 is 5.91 Å². The van der Waals surface area contributed by atoms with Crippen molar-refractivity contribution in [1.82, 2.24) is 15.1 Å². The summed E-state index contributed by atoms with van der Waals surface area (Å²) in [4.78, 5) is 12.0. The van der Waals surface area contributed by atoms with Gasteiger partial charge in [0.25, 0.3) is 5.91 Å². The smallest absolute Gasteiger partial charge is 0.254 e. The van der Waals surface area contributed by atoms with Crippen molar-refractivity contribution in [2.75, 3.05) is 13.7 Å². The normalized spacial score (nSPS) is 12.0. The number of hydrogen-bond acceptors (Lipinski definition) is 3. The van der Waals surface area contributed by atoms with Gasteiger partial charge < -0.3 is 10.1 Å². The fraction of sp³-hybridized carbons (Fsp3) is 0.412. The molecule has 0 aliphatic carbocycles. The van der Waals surface area contributed by atoms with E-state index in [1.165, 1.54) is 5.56 Å². The Labute approximate surface area is 131 Å². The largest absolute Gasteiger partial charge is 0.497 e. The van der Waals surface area contributed by atoms with Crippen LogP contribution < -0.4 is 10.1 Å². The SMILES string of the molecule is CCn1cc(C(=O)NCCC(C)c2ccc(OC)cc2)cn1. The van der Waals surface area contributed by atoms with E-state index in [-0.39, 0.29) is 5.91 Å². The quantitative estimate of drug-likeness (QED) is 0.855. The lowest BCUT2D eigenvalue weighted by atomic mass is 9.98. The Kier molecular flexibility index (Phi) is 5.58. The van der Waals surface area contributed by atoms with Crippen LogP contribution in [0.4, 0.5) is 0 Å². The van der Waals surface area contributed by atoms with Crippen LogP contribution >= 0.6 is 0 Å². The lowest BCUT2D eigenvalue weighted by molar-refractivity contribution is 0.0952. The Morgan fingerprint density at radius 1 is 1.36 bits per heavy atom. The molecule has 5 nitrogen and oxygen atoms in total. The van der Waals surface area contributed by atoms with Crippen LogP contribution in [-0.4, -0.2) is 29.3 Å². The van der Waals surface area contributed by atoms with E-state index in [0.717, 1.165) is 18.7 Å². The number of benzene rings is 1. The van der Waals surface area contributed by atoms with E-state index in [9.17, 15) is 4.79 Å². The predicted molar refractivity (Wildman–Crippen MR) is 86.3 cm³/mol. The topological polar surface area (TPSA) is 56.2 Å². The van der Waals surface area contributed by atoms with Crippen molar-refractivity contribution in [2.24, 2.45) is 0 Å². The summed E-state index contributed by atoms with van der Waals surface area (Å²) in [6.45, 7) is 5.55. The molecule has 2 rings (SSSR count). The average Bonchev–Trinajstić information content (AvgIpc) is 3.04. The minimum Gasteiger partial charge on any atom is -0.497 e. The highest BCUT2D eigenvalue weighted by Crippen LogP contribution is 2.21. The first-order valence-corrected chi connectivity index (χ1v) is 7.58. The number of aromatic nitrogens is 2. The summed E-state index contributed by atoms with van der Waals surface area (Å²) >= 11 is 0. The Bertz CT molecular complexity index is 605. The van der Waals surface area contributed by atoms with Gasteiger partial charge in [0, 0.05) is 19.3 Å². The first kappa shape index (κ1) is 16.1. The number of amides is 1. The van der Waals surface area contributed by atoms with Gasteiger partial charge >= 0.3 is 0 Å². The number of nitrogens with zero attached hydrogens (tertiary/aromatic N) is 2. The molecule has 5 heteroatoms. The van der Waals surface area contributed by atoms with Crippen molar-refractivity contribution in [3.8, 4) is 5.75 Å². The second-order valence-corrected chi connectivity index (χ2v) is 5.30. The Balaban J connectivity index is 1.80. The summed E-state index contributed by atoms with van der Waals surface area (Å²) in [5.41, 5.74) is 1.85. The Morgan fingerprint density at radius 3 is 2.68 bits per heavy atom. The number of rotatable bonds is 7. The minimum absolute atomic E-state index is 0.0679. The van der Waals surface area contributed by atoms with Gasteiger partial charge in [0.15, 0.2) is 0 Å². The van der Waals surface area contributed by atoms with Gasteiger partial charge in [-0.3, -0.25) is 9.48 Å². The van der Waals surface area contributed by atoms with Gasteiger partial charge in [-0.05, 0) is 37.0 Å². The highest BCUT2D eigenvalue weighted by atomic mass is 16.5. The molecular formula is C17H23N3O2. The number of carbonyl (C=O) groups is 1. The monoisotopic (exact) mass is 301 g/mol. The Hall–Kier alpha value is -2.30. The highest BCUT2D eigenvalue weighted by molar-refractivity contribution is 5.93. The number of methoxy groups -OCH3 is 1. The standard InChI is InChI=1S/C17H23N3O2/c1-4-20-12-15(11-19-20)17(21)18-10-9-13(2)14-5-7-16(22-3)8-6-14/h5-8,11-13H,4,9-10H2,1-3H3,(H,18,21). The molecule has 2 aromatic rings. The lowest BCUT2D eigenvalue weighted by Crippen LogP contribution is -2.25. The molecule has 0 radical (unpaired) electrons. The third-order valence-electron chi connectivity index (χ3n) is 3.77. The van der Waals surface area contributed by atoms with Crippen LogP contribution in [0.1, 0.15) is 42.1 Å². The first-order chi connectivity index (χ1) is 10.6. The molecule has 22 heavy (non-hydrogen) atoms. The Morgan fingerprint density at radius 2 is 2.09 bits per heavy atom. The third-order valence-corrected chi connectivity index (χ3v) is 3.77. The molecule has 1 atom stereocenters. The van der Waals surface area contributed by atoms with Gasteiger partial charge in [-0.2, -0.15) is 5.10 Å². The van der Waals surface area contributed by atoms with E-state index in [4.69, 9.17) is 4.74 Å². The maximum atomic E-state index is 12.0. The number of hydrogen-bond donors (Lipinski definition) is 1. The summed E-state index contributed by atoms with van der Waals surface area (Å²) in [7, 11) is 1.66. The number of carbonyl (C=O) groups excluding carboxylic acids is 1. The van der Waals surface area contributed by atoms with Gasteiger partial charge in [0.1, 0.15) is 5.75 Å². The fourth-order valence-electron chi connectivity index (χ4n) is 2.26. The molecule has 1 unspecified atom stereocenters. The molecule has 1 aromatic heterocycles. The summed E-state index contributed by atoms with van der Waals surface area (Å²) < 4.78 is 6.90. The molecule has 1 amide bonds. The molecule has 1 N–H and O–H groups in total. The fourth-order valence-corrected chi connectivity index (χ4v) is 2.26. The second-order valence-electron chi connectivity index (χ2n) is 5.30. The summed E-state index contributed by atoms with van der Waals surface area (Å²) in [5, 5.41) is 7.05. The second kappa shape index (κ2) is 7.64. The molecule has 0 fully saturated rings. The van der Waals surface area contributed by atoms with Gasteiger partial charge in [0.2, 0.25) is 0 Å². The van der Waals surface area contributed by atoms with E-state index in [2.05, 4.69) is 29.5 Å². The van der Waals surface area contributed by atoms with Gasteiger partial charge in [-0.15, -0.1) is 0 Å². The first-order valence-electron chi connectivity index (χ1n) is 7.58. The zero-order valence-corrected chi connectivity index (χ0v) is 13.4. The molecule has 0 saturated carbocycles. The minimum atomic E-state index is -0.0679. The summed E-state index contributed by atoms with van der Waals surface area (Å²) in [6.07, 6.45) is 4.26. The van der Waals surface area contributed by atoms with E-state index in [0.29, 0.717) is 18.0 Å². The molecule has 0 spiro atoms. The maximum Gasteiger partial charge on any atom is 0.254 e. The van der Waals surface area contributed by atoms with Crippen molar-refractivity contribution in [2.45, 2.75) is 32.7 Å². The molecular weight excluding hydrogens is 278 g/mol. The van der Waals surface area contributed by atoms with Crippen LogP contribution in [0, 0.1) is 0 Å². The van der Waals surface area contributed by atoms with Crippen molar-refractivity contribution in [1.29, 1.82) is 0 Å². The van der Waals surface area contributed by atoms with E-state index < -0.39 is 0 Å². The molecule has 0 bridgehead atoms. The van der Waals surface area contributed by atoms with Crippen molar-refractivity contribution < 1.29 is 9.53 Å². The van der Waals surface area contributed by atoms with Crippen LogP contribution in [0.2, 0.25) is 0 Å². The molecule has 1 aromatic carbocycles. The summed E-state index contributed by atoms with van der Waals surface area (Å²) in [5.74, 6) is 1.17. The molecule has 0 aliphatic heterocycles. The van der Waals surface area contributed by atoms with Crippen molar-refractivity contribution in [3.63, 3.8) is 0 Å². The predicted octanol–water partition coefficient (Wildman–Crippen LogP) is 2.84. The van der Waals surface area contributed by atoms with E-state index in [1.807, 2.05) is 19.1 Å². The zero-order valence-electron chi connectivity index (χ0n) is 13.4. The van der Waals surface area contributed by atoms with Crippen LogP contribution in [0.3, 0.4) is 0 Å². The zero-order chi connectivity index (χ0) is 15.9. The number of aryl methyl sites for hydroxylation is 1. The number of ether oxygens (including phenoxy) is 1. The van der Waals surface area contributed by atoms with Crippen molar-refractivity contribution in [3.05, 3.63) is 47.8 Å². The molecule has 118 valence electrons. The summed E-state index contributed by atoms with van der Waals surface area (Å²) in [6, 6.07) is 8.06. The third kappa shape index (κ3) is 4.10. The van der Waals surface area contributed by atoms with E-state index >= 15 is 0 Å². The van der Waals surface area contributed by atoms with Gasteiger partial charge in [-0.1, -0.05) is 19.1 Å². The van der Waals surface area contributed by atoms with Crippen LogP contribution in [-0.2, 0) is 6.54 Å².